The molecule has 0 saturated carbocycles. The third-order valence-corrected chi connectivity index (χ3v) is 3.56. The van der Waals surface area contributed by atoms with E-state index in [4.69, 9.17) is 0 Å². The van der Waals surface area contributed by atoms with Crippen molar-refractivity contribution in [3.8, 4) is 0 Å². The standard InChI is InChI=1S/C18H22.C2H6/c1-3-15-5-9-17(10-6-15)13-14-18-11-7-16(4-2)8-12-18;1-2/h5-12H,3-4,13-14H2,1-2H3;1-2H3. The van der Waals surface area contributed by atoms with E-state index in [2.05, 4.69) is 62.4 Å². The third-order valence-electron chi connectivity index (χ3n) is 3.56. The molecular weight excluding hydrogens is 240 g/mol. The van der Waals surface area contributed by atoms with Crippen molar-refractivity contribution in [1.29, 1.82) is 0 Å². The fourth-order valence-electron chi connectivity index (χ4n) is 2.17. The fourth-order valence-corrected chi connectivity index (χ4v) is 2.17. The van der Waals surface area contributed by atoms with E-state index in [-0.39, 0.29) is 0 Å². The second-order valence-electron chi connectivity index (χ2n) is 4.84. The van der Waals surface area contributed by atoms with Crippen LogP contribution in [-0.2, 0) is 25.7 Å². The van der Waals surface area contributed by atoms with Crippen LogP contribution in [-0.4, -0.2) is 0 Å². The Bertz CT molecular complexity index is 415. The molecule has 0 radical (unpaired) electrons. The number of rotatable bonds is 5. The zero-order valence-corrected chi connectivity index (χ0v) is 13.4. The van der Waals surface area contributed by atoms with Gasteiger partial charge in [-0.2, -0.15) is 0 Å². The molecule has 0 heteroatoms. The third kappa shape index (κ3) is 5.21. The molecule has 0 bridgehead atoms. The summed E-state index contributed by atoms with van der Waals surface area (Å²) >= 11 is 0. The van der Waals surface area contributed by atoms with Crippen molar-refractivity contribution >= 4 is 0 Å². The number of aryl methyl sites for hydroxylation is 4. The fraction of sp³-hybridized carbons (Fsp3) is 0.400. The van der Waals surface area contributed by atoms with E-state index in [9.17, 15) is 0 Å². The maximum Gasteiger partial charge on any atom is -0.0238 e. The van der Waals surface area contributed by atoms with Crippen LogP contribution in [0.2, 0.25) is 0 Å². The lowest BCUT2D eigenvalue weighted by Crippen LogP contribution is -1.92. The minimum Gasteiger partial charge on any atom is -0.0683 e. The minimum absolute atomic E-state index is 1.12. The van der Waals surface area contributed by atoms with Gasteiger partial charge in [0.25, 0.3) is 0 Å². The first-order valence-corrected chi connectivity index (χ1v) is 7.97. The summed E-state index contributed by atoms with van der Waals surface area (Å²) in [6, 6.07) is 18.0. The van der Waals surface area contributed by atoms with Crippen LogP contribution in [0.1, 0.15) is 49.9 Å². The van der Waals surface area contributed by atoms with Crippen molar-refractivity contribution in [2.24, 2.45) is 0 Å². The molecule has 0 aliphatic carbocycles. The van der Waals surface area contributed by atoms with Gasteiger partial charge in [0.05, 0.1) is 0 Å². The number of benzene rings is 2. The molecule has 0 nitrogen and oxygen atoms in total. The summed E-state index contributed by atoms with van der Waals surface area (Å²) in [4.78, 5) is 0. The Morgan fingerprint density at radius 2 is 0.750 bits per heavy atom. The van der Waals surface area contributed by atoms with E-state index >= 15 is 0 Å². The van der Waals surface area contributed by atoms with Crippen molar-refractivity contribution in [2.45, 2.75) is 53.4 Å². The van der Waals surface area contributed by atoms with Crippen LogP contribution in [0.4, 0.5) is 0 Å². The van der Waals surface area contributed by atoms with Gasteiger partial charge in [0, 0.05) is 0 Å². The van der Waals surface area contributed by atoms with Crippen LogP contribution < -0.4 is 0 Å². The van der Waals surface area contributed by atoms with E-state index in [0.29, 0.717) is 0 Å². The predicted octanol–water partition coefficient (Wildman–Crippen LogP) is 5.62. The van der Waals surface area contributed by atoms with Crippen LogP contribution in [0.5, 0.6) is 0 Å². The molecule has 0 aliphatic rings. The molecule has 108 valence electrons. The minimum atomic E-state index is 1.12. The molecule has 20 heavy (non-hydrogen) atoms. The Hall–Kier alpha value is -1.56. The summed E-state index contributed by atoms with van der Waals surface area (Å²) < 4.78 is 0. The highest BCUT2D eigenvalue weighted by molar-refractivity contribution is 5.26. The highest BCUT2D eigenvalue weighted by atomic mass is 14.0. The quantitative estimate of drug-likeness (QED) is 0.660. The van der Waals surface area contributed by atoms with Gasteiger partial charge < -0.3 is 0 Å². The molecule has 0 heterocycles. The van der Waals surface area contributed by atoms with E-state index < -0.39 is 0 Å². The molecule has 0 spiro atoms. The highest BCUT2D eigenvalue weighted by Gasteiger charge is 1.97. The van der Waals surface area contributed by atoms with Gasteiger partial charge in [-0.25, -0.2) is 0 Å². The van der Waals surface area contributed by atoms with Gasteiger partial charge in [-0.05, 0) is 47.9 Å². The average molecular weight is 268 g/mol. The van der Waals surface area contributed by atoms with Gasteiger partial charge in [0.15, 0.2) is 0 Å². The normalized spacial score (nSPS) is 9.80. The summed E-state index contributed by atoms with van der Waals surface area (Å²) in [5, 5.41) is 0. The Morgan fingerprint density at radius 3 is 1.00 bits per heavy atom. The van der Waals surface area contributed by atoms with Crippen LogP contribution >= 0.6 is 0 Å². The van der Waals surface area contributed by atoms with Gasteiger partial charge in [-0.15, -0.1) is 0 Å². The van der Waals surface area contributed by atoms with Crippen molar-refractivity contribution in [1.82, 2.24) is 0 Å². The molecule has 0 amide bonds. The molecule has 2 rings (SSSR count). The topological polar surface area (TPSA) is 0 Å². The van der Waals surface area contributed by atoms with E-state index in [1.807, 2.05) is 13.8 Å². The molecule has 0 aliphatic heterocycles. The summed E-state index contributed by atoms with van der Waals surface area (Å²) in [5.74, 6) is 0. The Morgan fingerprint density at radius 1 is 0.500 bits per heavy atom. The number of hydrogen-bond donors (Lipinski definition) is 0. The molecule has 0 atom stereocenters. The summed E-state index contributed by atoms with van der Waals surface area (Å²) in [7, 11) is 0. The summed E-state index contributed by atoms with van der Waals surface area (Å²) in [5.41, 5.74) is 5.72. The lowest BCUT2D eigenvalue weighted by atomic mass is 10.0. The molecule has 0 N–H and O–H groups in total. The molecule has 0 aromatic heterocycles. The van der Waals surface area contributed by atoms with Gasteiger partial charge >= 0.3 is 0 Å². The van der Waals surface area contributed by atoms with Gasteiger partial charge in [-0.3, -0.25) is 0 Å². The SMILES string of the molecule is CC.CCc1ccc(CCc2ccc(CC)cc2)cc1. The zero-order chi connectivity index (χ0) is 14.8. The maximum absolute atomic E-state index is 2.26. The molecule has 2 aromatic carbocycles. The Kier molecular flexibility index (Phi) is 7.72. The van der Waals surface area contributed by atoms with E-state index in [1.54, 1.807) is 0 Å². The molecule has 2 aromatic rings. The van der Waals surface area contributed by atoms with Crippen LogP contribution in [0.25, 0.3) is 0 Å². The van der Waals surface area contributed by atoms with Gasteiger partial charge in [0.1, 0.15) is 0 Å². The molecule has 0 saturated heterocycles. The van der Waals surface area contributed by atoms with Crippen LogP contribution in [0.15, 0.2) is 48.5 Å². The van der Waals surface area contributed by atoms with Crippen LogP contribution in [0.3, 0.4) is 0 Å². The monoisotopic (exact) mass is 268 g/mol. The predicted molar refractivity (Wildman–Crippen MR) is 90.4 cm³/mol. The molecular formula is C20H28. The summed E-state index contributed by atoms with van der Waals surface area (Å²) in [6.07, 6.45) is 4.52. The first kappa shape index (κ1) is 16.5. The Labute approximate surface area is 124 Å². The van der Waals surface area contributed by atoms with Crippen molar-refractivity contribution < 1.29 is 0 Å². The van der Waals surface area contributed by atoms with Crippen molar-refractivity contribution in [2.75, 3.05) is 0 Å². The zero-order valence-electron chi connectivity index (χ0n) is 13.4. The second kappa shape index (κ2) is 9.36. The smallest absolute Gasteiger partial charge is 0.0238 e. The first-order chi connectivity index (χ1) is 9.81. The van der Waals surface area contributed by atoms with E-state index in [0.717, 1.165) is 25.7 Å². The van der Waals surface area contributed by atoms with Crippen molar-refractivity contribution in [3.05, 3.63) is 70.8 Å². The molecule has 0 unspecified atom stereocenters. The van der Waals surface area contributed by atoms with Gasteiger partial charge in [0.2, 0.25) is 0 Å². The summed E-state index contributed by atoms with van der Waals surface area (Å²) in [6.45, 7) is 8.40. The average Bonchev–Trinajstić information content (AvgIpc) is 2.55. The largest absolute Gasteiger partial charge is 0.0683 e. The number of hydrogen-bond acceptors (Lipinski definition) is 0. The lowest BCUT2D eigenvalue weighted by molar-refractivity contribution is 0.954. The highest BCUT2D eigenvalue weighted by Crippen LogP contribution is 2.11. The van der Waals surface area contributed by atoms with Gasteiger partial charge in [-0.1, -0.05) is 76.2 Å². The maximum atomic E-state index is 2.26. The lowest BCUT2D eigenvalue weighted by Gasteiger charge is -2.04. The molecule has 0 fully saturated rings. The van der Waals surface area contributed by atoms with E-state index in [1.165, 1.54) is 22.3 Å². The van der Waals surface area contributed by atoms with Crippen molar-refractivity contribution in [3.63, 3.8) is 0 Å². The Balaban J connectivity index is 0.000000956. The first-order valence-electron chi connectivity index (χ1n) is 7.97. The van der Waals surface area contributed by atoms with Crippen LogP contribution in [0, 0.1) is 0 Å². The second-order valence-corrected chi connectivity index (χ2v) is 4.84.